The predicted molar refractivity (Wildman–Crippen MR) is 93.2 cm³/mol. The molecule has 1 aliphatic heterocycles. The summed E-state index contributed by atoms with van der Waals surface area (Å²) in [6.07, 6.45) is 6.10. The number of nitrogens with one attached hydrogen (secondary N) is 1. The fourth-order valence-corrected chi connectivity index (χ4v) is 3.55. The molecule has 2 aromatic rings. The van der Waals surface area contributed by atoms with Gasteiger partial charge < -0.3 is 14.6 Å². The van der Waals surface area contributed by atoms with Crippen LogP contribution in [-0.2, 0) is 11.2 Å². The maximum absolute atomic E-state index is 13.2. The second-order valence-electron chi connectivity index (χ2n) is 6.83. The van der Waals surface area contributed by atoms with Gasteiger partial charge in [0.05, 0.1) is 18.2 Å². The molecule has 1 aliphatic carbocycles. The first kappa shape index (κ1) is 15.5. The number of benzene rings is 1. The summed E-state index contributed by atoms with van der Waals surface area (Å²) < 4.78 is 5.55. The molecule has 126 valence electrons. The van der Waals surface area contributed by atoms with E-state index in [1.807, 2.05) is 23.2 Å². The highest BCUT2D eigenvalue weighted by Crippen LogP contribution is 2.41. The number of hydrogen-bond donors (Lipinski definition) is 1. The van der Waals surface area contributed by atoms with Crippen molar-refractivity contribution in [2.45, 2.75) is 37.6 Å². The first-order valence-corrected chi connectivity index (χ1v) is 8.93. The lowest BCUT2D eigenvalue weighted by atomic mass is 10.1. The second kappa shape index (κ2) is 6.81. The summed E-state index contributed by atoms with van der Waals surface area (Å²) in [6, 6.07) is 12.5. The average molecular weight is 324 g/mol. The van der Waals surface area contributed by atoms with Gasteiger partial charge in [-0.05, 0) is 43.2 Å². The van der Waals surface area contributed by atoms with Crippen molar-refractivity contribution in [1.29, 1.82) is 0 Å². The smallest absolute Gasteiger partial charge is 0.256 e. The van der Waals surface area contributed by atoms with E-state index in [0.717, 1.165) is 37.3 Å². The lowest BCUT2D eigenvalue weighted by Gasteiger charge is -2.28. The minimum absolute atomic E-state index is 0.157. The van der Waals surface area contributed by atoms with E-state index in [2.05, 4.69) is 29.2 Å². The number of hydrogen-bond acceptors (Lipinski definition) is 2. The Bertz CT molecular complexity index is 685. The molecule has 1 amide bonds. The van der Waals surface area contributed by atoms with Crippen molar-refractivity contribution in [2.75, 3.05) is 19.8 Å². The van der Waals surface area contributed by atoms with Crippen LogP contribution < -0.4 is 0 Å². The van der Waals surface area contributed by atoms with Crippen LogP contribution >= 0.6 is 0 Å². The van der Waals surface area contributed by atoms with Crippen molar-refractivity contribution in [3.05, 3.63) is 59.4 Å². The van der Waals surface area contributed by atoms with Gasteiger partial charge in [0.15, 0.2) is 0 Å². The summed E-state index contributed by atoms with van der Waals surface area (Å²) in [5.74, 6) is 0.708. The number of amides is 1. The van der Waals surface area contributed by atoms with E-state index in [-0.39, 0.29) is 11.9 Å². The molecule has 2 fully saturated rings. The Morgan fingerprint density at radius 1 is 1.17 bits per heavy atom. The first-order valence-electron chi connectivity index (χ1n) is 8.93. The molecule has 1 aromatic heterocycles. The highest BCUT2D eigenvalue weighted by atomic mass is 16.5. The van der Waals surface area contributed by atoms with Crippen LogP contribution in [0.1, 0.15) is 46.8 Å². The zero-order valence-electron chi connectivity index (χ0n) is 13.9. The van der Waals surface area contributed by atoms with E-state index in [1.165, 1.54) is 18.4 Å². The standard InChI is InChI=1S/C20H24N2O2/c23-20(18-8-11-21-19(18)16-6-7-16)22(17-10-13-24-14-17)12-9-15-4-2-1-3-5-15/h1-5,8,11,16-17,21H,6-7,9-10,12-14H2. The van der Waals surface area contributed by atoms with E-state index in [1.54, 1.807) is 0 Å². The molecule has 4 heteroatoms. The van der Waals surface area contributed by atoms with Crippen LogP contribution in [0.5, 0.6) is 0 Å². The van der Waals surface area contributed by atoms with E-state index >= 15 is 0 Å². The Labute approximate surface area is 142 Å². The lowest BCUT2D eigenvalue weighted by Crippen LogP contribution is -2.42. The van der Waals surface area contributed by atoms with Gasteiger partial charge in [-0.1, -0.05) is 30.3 Å². The molecule has 4 rings (SSSR count). The third kappa shape index (κ3) is 3.24. The summed E-state index contributed by atoms with van der Waals surface area (Å²) in [5, 5.41) is 0. The molecule has 1 unspecified atom stereocenters. The van der Waals surface area contributed by atoms with Crippen LogP contribution in [0.4, 0.5) is 0 Å². The quantitative estimate of drug-likeness (QED) is 0.885. The summed E-state index contributed by atoms with van der Waals surface area (Å²) >= 11 is 0. The van der Waals surface area contributed by atoms with Crippen molar-refractivity contribution < 1.29 is 9.53 Å². The largest absolute Gasteiger partial charge is 0.379 e. The van der Waals surface area contributed by atoms with Gasteiger partial charge in [0, 0.05) is 25.0 Å². The zero-order valence-corrected chi connectivity index (χ0v) is 13.9. The minimum atomic E-state index is 0.157. The van der Waals surface area contributed by atoms with Crippen LogP contribution in [0.15, 0.2) is 42.6 Å². The highest BCUT2D eigenvalue weighted by molar-refractivity contribution is 5.96. The van der Waals surface area contributed by atoms with Crippen molar-refractivity contribution in [3.63, 3.8) is 0 Å². The van der Waals surface area contributed by atoms with E-state index < -0.39 is 0 Å². The first-order chi connectivity index (χ1) is 11.8. The van der Waals surface area contributed by atoms with Gasteiger partial charge in [0.25, 0.3) is 5.91 Å². The fourth-order valence-electron chi connectivity index (χ4n) is 3.55. The Hall–Kier alpha value is -2.07. The van der Waals surface area contributed by atoms with Crippen molar-refractivity contribution in [2.24, 2.45) is 0 Å². The van der Waals surface area contributed by atoms with Gasteiger partial charge in [-0.25, -0.2) is 0 Å². The lowest BCUT2D eigenvalue weighted by molar-refractivity contribution is 0.0655. The molecule has 1 aromatic carbocycles. The van der Waals surface area contributed by atoms with E-state index in [0.29, 0.717) is 12.5 Å². The van der Waals surface area contributed by atoms with Crippen LogP contribution in [0.3, 0.4) is 0 Å². The molecule has 2 aliphatic rings. The monoisotopic (exact) mass is 324 g/mol. The van der Waals surface area contributed by atoms with Crippen LogP contribution in [0.2, 0.25) is 0 Å². The number of nitrogens with zero attached hydrogens (tertiary/aromatic N) is 1. The van der Waals surface area contributed by atoms with Gasteiger partial charge in [-0.15, -0.1) is 0 Å². The third-order valence-corrected chi connectivity index (χ3v) is 5.09. The van der Waals surface area contributed by atoms with E-state index in [9.17, 15) is 4.79 Å². The number of carbonyl (C=O) groups excluding carboxylic acids is 1. The van der Waals surface area contributed by atoms with E-state index in [4.69, 9.17) is 4.74 Å². The number of carbonyl (C=O) groups is 1. The fraction of sp³-hybridized carbons (Fsp3) is 0.450. The molecule has 1 saturated heterocycles. The summed E-state index contributed by atoms with van der Waals surface area (Å²) in [6.45, 7) is 2.15. The third-order valence-electron chi connectivity index (χ3n) is 5.09. The maximum Gasteiger partial charge on any atom is 0.256 e. The maximum atomic E-state index is 13.2. The minimum Gasteiger partial charge on any atom is -0.379 e. The topological polar surface area (TPSA) is 45.3 Å². The number of aromatic amines is 1. The summed E-state index contributed by atoms with van der Waals surface area (Å²) in [5.41, 5.74) is 3.26. The number of H-pyrrole nitrogens is 1. The van der Waals surface area contributed by atoms with Crippen molar-refractivity contribution in [1.82, 2.24) is 9.88 Å². The molecular formula is C20H24N2O2. The van der Waals surface area contributed by atoms with Gasteiger partial charge in [0.2, 0.25) is 0 Å². The Morgan fingerprint density at radius 2 is 2.00 bits per heavy atom. The Kier molecular flexibility index (Phi) is 4.39. The van der Waals surface area contributed by atoms with Crippen LogP contribution in [-0.4, -0.2) is 41.6 Å². The van der Waals surface area contributed by atoms with Gasteiger partial charge in [-0.3, -0.25) is 4.79 Å². The number of ether oxygens (including phenoxy) is 1. The van der Waals surface area contributed by atoms with Gasteiger partial charge in [-0.2, -0.15) is 0 Å². The second-order valence-corrected chi connectivity index (χ2v) is 6.83. The molecule has 4 nitrogen and oxygen atoms in total. The van der Waals surface area contributed by atoms with Crippen molar-refractivity contribution in [3.8, 4) is 0 Å². The molecule has 0 spiro atoms. The number of rotatable bonds is 6. The van der Waals surface area contributed by atoms with Crippen LogP contribution in [0, 0.1) is 0 Å². The Morgan fingerprint density at radius 3 is 2.71 bits per heavy atom. The molecule has 2 heterocycles. The highest BCUT2D eigenvalue weighted by Gasteiger charge is 2.33. The molecule has 0 bridgehead atoms. The van der Waals surface area contributed by atoms with Gasteiger partial charge >= 0.3 is 0 Å². The molecule has 1 atom stereocenters. The SMILES string of the molecule is O=C(c1cc[nH]c1C1CC1)N(CCc1ccccc1)C1CCOC1. The molecule has 24 heavy (non-hydrogen) atoms. The summed E-state index contributed by atoms with van der Waals surface area (Å²) in [4.78, 5) is 18.5. The zero-order chi connectivity index (χ0) is 16.4. The van der Waals surface area contributed by atoms with Crippen molar-refractivity contribution >= 4 is 5.91 Å². The molecular weight excluding hydrogens is 300 g/mol. The average Bonchev–Trinajstić information content (AvgIpc) is 3.12. The Balaban J connectivity index is 1.53. The number of aromatic nitrogens is 1. The summed E-state index contributed by atoms with van der Waals surface area (Å²) in [7, 11) is 0. The van der Waals surface area contributed by atoms with Crippen LogP contribution in [0.25, 0.3) is 0 Å². The molecule has 1 N–H and O–H groups in total. The molecule has 0 radical (unpaired) electrons. The predicted octanol–water partition coefficient (Wildman–Crippen LogP) is 3.37. The normalized spacial score (nSPS) is 20.2. The molecule has 1 saturated carbocycles. The van der Waals surface area contributed by atoms with Gasteiger partial charge in [0.1, 0.15) is 0 Å².